The molecule has 0 saturated carbocycles. The van der Waals surface area contributed by atoms with Crippen LogP contribution in [0.4, 0.5) is 0 Å². The first kappa shape index (κ1) is 14.9. The number of hydrogen-bond acceptors (Lipinski definition) is 4. The second kappa shape index (κ2) is 6.38. The van der Waals surface area contributed by atoms with Gasteiger partial charge < -0.3 is 14.2 Å². The van der Waals surface area contributed by atoms with E-state index >= 15 is 0 Å². The molecule has 0 unspecified atom stereocenters. The smallest absolute Gasteiger partial charge is 0.189 e. The van der Waals surface area contributed by atoms with Gasteiger partial charge in [0.05, 0.1) is 12.2 Å². The second-order valence-corrected chi connectivity index (χ2v) is 5.44. The first-order chi connectivity index (χ1) is 10.6. The number of hydrogen-bond donors (Lipinski definition) is 0. The third-order valence-electron chi connectivity index (χ3n) is 3.40. The predicted molar refractivity (Wildman–Crippen MR) is 82.5 cm³/mol. The SMILES string of the molecule is CC(=O)c1ccccc1OCc1cc(Cl)cc2c1OCOC2. The minimum absolute atomic E-state index is 0.0339. The highest BCUT2D eigenvalue weighted by Gasteiger charge is 2.17. The van der Waals surface area contributed by atoms with Gasteiger partial charge in [-0.2, -0.15) is 0 Å². The summed E-state index contributed by atoms with van der Waals surface area (Å²) < 4.78 is 16.6. The maximum Gasteiger partial charge on any atom is 0.189 e. The number of carbonyl (C=O) groups excluding carboxylic acids is 1. The van der Waals surface area contributed by atoms with Gasteiger partial charge >= 0.3 is 0 Å². The van der Waals surface area contributed by atoms with E-state index in [4.69, 9.17) is 25.8 Å². The molecule has 2 aromatic rings. The fraction of sp³-hybridized carbons (Fsp3) is 0.235. The zero-order valence-corrected chi connectivity index (χ0v) is 12.9. The molecule has 1 aliphatic heterocycles. The summed E-state index contributed by atoms with van der Waals surface area (Å²) in [4.78, 5) is 11.6. The van der Waals surface area contributed by atoms with Crippen molar-refractivity contribution in [2.24, 2.45) is 0 Å². The van der Waals surface area contributed by atoms with Crippen molar-refractivity contribution in [1.82, 2.24) is 0 Å². The summed E-state index contributed by atoms with van der Waals surface area (Å²) in [5.41, 5.74) is 2.30. The predicted octanol–water partition coefficient (Wildman–Crippen LogP) is 3.99. The van der Waals surface area contributed by atoms with Crippen LogP contribution < -0.4 is 9.47 Å². The van der Waals surface area contributed by atoms with E-state index in [1.54, 1.807) is 12.1 Å². The van der Waals surface area contributed by atoms with Crippen LogP contribution in [-0.2, 0) is 18.0 Å². The molecule has 0 amide bonds. The van der Waals surface area contributed by atoms with Gasteiger partial charge in [0.1, 0.15) is 18.1 Å². The third-order valence-corrected chi connectivity index (χ3v) is 3.62. The number of para-hydroxylation sites is 1. The van der Waals surface area contributed by atoms with Gasteiger partial charge in [-0.15, -0.1) is 0 Å². The molecule has 0 N–H and O–H groups in total. The van der Waals surface area contributed by atoms with Crippen molar-refractivity contribution >= 4 is 17.4 Å². The summed E-state index contributed by atoms with van der Waals surface area (Å²) in [6.07, 6.45) is 0. The molecule has 0 atom stereocenters. The Balaban J connectivity index is 1.86. The molecular formula is C17H15ClO4. The topological polar surface area (TPSA) is 44.8 Å². The number of carbonyl (C=O) groups is 1. The summed E-state index contributed by atoms with van der Waals surface area (Å²) in [7, 11) is 0. The molecule has 1 aliphatic rings. The molecule has 0 spiro atoms. The lowest BCUT2D eigenvalue weighted by molar-refractivity contribution is -0.0175. The van der Waals surface area contributed by atoms with Crippen molar-refractivity contribution in [3.63, 3.8) is 0 Å². The summed E-state index contributed by atoms with van der Waals surface area (Å²) in [5, 5.41) is 0.603. The maximum atomic E-state index is 11.6. The zero-order valence-electron chi connectivity index (χ0n) is 12.1. The maximum absolute atomic E-state index is 11.6. The molecule has 0 bridgehead atoms. The largest absolute Gasteiger partial charge is 0.488 e. The average Bonchev–Trinajstić information content (AvgIpc) is 2.52. The molecule has 4 nitrogen and oxygen atoms in total. The Hall–Kier alpha value is -2.04. The minimum Gasteiger partial charge on any atom is -0.488 e. The molecule has 3 rings (SSSR count). The number of ether oxygens (including phenoxy) is 3. The van der Waals surface area contributed by atoms with Gasteiger partial charge in [0, 0.05) is 16.1 Å². The summed E-state index contributed by atoms with van der Waals surface area (Å²) in [6.45, 7) is 2.47. The van der Waals surface area contributed by atoms with Gasteiger partial charge in [-0.05, 0) is 31.2 Å². The van der Waals surface area contributed by atoms with Gasteiger partial charge in [0.25, 0.3) is 0 Å². The van der Waals surface area contributed by atoms with E-state index in [0.717, 1.165) is 16.9 Å². The van der Waals surface area contributed by atoms with Crippen molar-refractivity contribution in [2.75, 3.05) is 6.79 Å². The van der Waals surface area contributed by atoms with Crippen molar-refractivity contribution in [3.05, 3.63) is 58.1 Å². The third kappa shape index (κ3) is 3.08. The molecule has 2 aromatic carbocycles. The van der Waals surface area contributed by atoms with Crippen LogP contribution in [0.25, 0.3) is 0 Å². The Morgan fingerprint density at radius 3 is 2.95 bits per heavy atom. The monoisotopic (exact) mass is 318 g/mol. The normalized spacial score (nSPS) is 13.2. The minimum atomic E-state index is -0.0339. The van der Waals surface area contributed by atoms with Gasteiger partial charge in [-0.25, -0.2) is 0 Å². The van der Waals surface area contributed by atoms with Crippen LogP contribution in [0.5, 0.6) is 11.5 Å². The van der Waals surface area contributed by atoms with E-state index < -0.39 is 0 Å². The molecule has 1 heterocycles. The fourth-order valence-corrected chi connectivity index (χ4v) is 2.67. The number of ketones is 1. The van der Waals surface area contributed by atoms with Crippen LogP contribution >= 0.6 is 11.6 Å². The van der Waals surface area contributed by atoms with Crippen molar-refractivity contribution < 1.29 is 19.0 Å². The highest BCUT2D eigenvalue weighted by molar-refractivity contribution is 6.30. The van der Waals surface area contributed by atoms with Crippen LogP contribution in [0.15, 0.2) is 36.4 Å². The highest BCUT2D eigenvalue weighted by Crippen LogP contribution is 2.32. The van der Waals surface area contributed by atoms with Crippen molar-refractivity contribution in [2.45, 2.75) is 20.1 Å². The van der Waals surface area contributed by atoms with Crippen LogP contribution in [0.2, 0.25) is 5.02 Å². The zero-order chi connectivity index (χ0) is 15.5. The van der Waals surface area contributed by atoms with E-state index in [9.17, 15) is 4.79 Å². The number of benzene rings is 2. The van der Waals surface area contributed by atoms with Gasteiger partial charge in [-0.3, -0.25) is 4.79 Å². The Morgan fingerprint density at radius 2 is 2.14 bits per heavy atom. The molecular weight excluding hydrogens is 304 g/mol. The Morgan fingerprint density at radius 1 is 1.32 bits per heavy atom. The first-order valence-electron chi connectivity index (χ1n) is 6.90. The Labute approximate surface area is 133 Å². The number of halogens is 1. The lowest BCUT2D eigenvalue weighted by atomic mass is 10.1. The highest BCUT2D eigenvalue weighted by atomic mass is 35.5. The van der Waals surface area contributed by atoms with Crippen molar-refractivity contribution in [3.8, 4) is 11.5 Å². The number of Topliss-reactive ketones (excluding diaryl/α,β-unsaturated/α-hetero) is 1. The van der Waals surface area contributed by atoms with E-state index in [1.165, 1.54) is 6.92 Å². The van der Waals surface area contributed by atoms with Gasteiger partial charge in [-0.1, -0.05) is 23.7 Å². The van der Waals surface area contributed by atoms with E-state index in [2.05, 4.69) is 0 Å². The Bertz CT molecular complexity index is 712. The van der Waals surface area contributed by atoms with Crippen LogP contribution in [0.1, 0.15) is 28.4 Å². The summed E-state index contributed by atoms with van der Waals surface area (Å²) in [6, 6.07) is 10.8. The summed E-state index contributed by atoms with van der Waals surface area (Å²) >= 11 is 6.12. The van der Waals surface area contributed by atoms with Gasteiger partial charge in [0.2, 0.25) is 0 Å². The number of fused-ring (bicyclic) bond motifs is 1. The second-order valence-electron chi connectivity index (χ2n) is 5.00. The molecule has 0 fully saturated rings. The summed E-state index contributed by atoms with van der Waals surface area (Å²) in [5.74, 6) is 1.26. The molecule has 114 valence electrons. The van der Waals surface area contributed by atoms with E-state index in [0.29, 0.717) is 22.9 Å². The Kier molecular flexibility index (Phi) is 4.32. The lowest BCUT2D eigenvalue weighted by Gasteiger charge is -2.21. The molecule has 5 heteroatoms. The molecule has 0 aromatic heterocycles. The molecule has 0 aliphatic carbocycles. The van der Waals surface area contributed by atoms with Crippen LogP contribution in [-0.4, -0.2) is 12.6 Å². The fourth-order valence-electron chi connectivity index (χ4n) is 2.40. The number of rotatable bonds is 4. The molecule has 22 heavy (non-hydrogen) atoms. The van der Waals surface area contributed by atoms with Crippen molar-refractivity contribution in [1.29, 1.82) is 0 Å². The quantitative estimate of drug-likeness (QED) is 0.800. The van der Waals surface area contributed by atoms with Gasteiger partial charge in [0.15, 0.2) is 12.6 Å². The first-order valence-corrected chi connectivity index (χ1v) is 7.27. The average molecular weight is 319 g/mol. The standard InChI is InChI=1S/C17H15ClO4/c1-11(19)15-4-2-3-5-16(15)21-9-13-7-14(18)6-12-8-20-10-22-17(12)13/h2-7H,8-10H2,1H3. The lowest BCUT2D eigenvalue weighted by Crippen LogP contribution is -2.14. The van der Waals surface area contributed by atoms with Crippen LogP contribution in [0, 0.1) is 0 Å². The molecule has 0 saturated heterocycles. The molecule has 0 radical (unpaired) electrons. The van der Waals surface area contributed by atoms with E-state index in [1.807, 2.05) is 24.3 Å². The van der Waals surface area contributed by atoms with Crippen LogP contribution in [0.3, 0.4) is 0 Å². The van der Waals surface area contributed by atoms with E-state index in [-0.39, 0.29) is 19.2 Å².